The van der Waals surface area contributed by atoms with E-state index in [1.165, 1.54) is 44.4 Å². The Kier molecular flexibility index (Phi) is 16.8. The Morgan fingerprint density at radius 3 is 0.727 bits per heavy atom. The highest BCUT2D eigenvalue weighted by Crippen LogP contribution is 2.68. The Balaban J connectivity index is 5.34. The van der Waals surface area contributed by atoms with Crippen molar-refractivity contribution in [2.24, 2.45) is 0 Å². The van der Waals surface area contributed by atoms with Crippen LogP contribution in [0.4, 0.5) is 0 Å². The van der Waals surface area contributed by atoms with E-state index in [1.807, 2.05) is 0 Å². The Hall–Kier alpha value is 1.35. The normalized spacial score (nSPS) is 11.9. The van der Waals surface area contributed by atoms with Crippen molar-refractivity contribution in [2.75, 3.05) is 37.0 Å². The summed E-state index contributed by atoms with van der Waals surface area (Å²) in [5, 5.41) is 0. The Bertz CT molecular complexity index is 182. The third kappa shape index (κ3) is 9.00. The summed E-state index contributed by atoms with van der Waals surface area (Å²) in [4.78, 5) is 0. The predicted octanol–water partition coefficient (Wildman–Crippen LogP) is 7.88. The first kappa shape index (κ1) is 23.4. The van der Waals surface area contributed by atoms with Crippen LogP contribution >= 0.6 is 23.4 Å². The first-order valence-corrected chi connectivity index (χ1v) is 15.3. The van der Waals surface area contributed by atoms with Crippen LogP contribution in [-0.4, -0.2) is 42.8 Å². The molecule has 0 radical (unpaired) electrons. The van der Waals surface area contributed by atoms with Crippen LogP contribution in [0, 0.1) is 0 Å². The van der Waals surface area contributed by atoms with Gasteiger partial charge in [-0.25, -0.2) is 0 Å². The van der Waals surface area contributed by atoms with E-state index in [4.69, 9.17) is 0 Å². The molecule has 0 aliphatic rings. The average molecular weight is 362 g/mol. The molecule has 132 valence electrons. The molecule has 0 heterocycles. The minimum absolute atomic E-state index is 0.308. The maximum atomic E-state index is 2.42. The summed E-state index contributed by atoms with van der Waals surface area (Å²) >= 11 is 0. The van der Waals surface area contributed by atoms with E-state index in [2.05, 4.69) is 41.5 Å². The maximum absolute atomic E-state index is 2.42. The molecule has 0 saturated carbocycles. The molecule has 22 heavy (non-hydrogen) atoms. The molecule has 0 bridgehead atoms. The highest BCUT2D eigenvalue weighted by molar-refractivity contribution is 8.42. The number of hydrogen-bond acceptors (Lipinski definition) is 0. The van der Waals surface area contributed by atoms with Crippen molar-refractivity contribution in [1.29, 1.82) is 0 Å². The van der Waals surface area contributed by atoms with Crippen LogP contribution in [0.3, 0.4) is 0 Å². The van der Waals surface area contributed by atoms with Crippen molar-refractivity contribution in [2.45, 2.75) is 80.1 Å². The van der Waals surface area contributed by atoms with Crippen molar-refractivity contribution >= 4 is 29.3 Å². The van der Waals surface area contributed by atoms with E-state index in [0.717, 1.165) is 0 Å². The largest absolute Gasteiger partial charge is 0.228 e. The highest BCUT2D eigenvalue weighted by atomic mass is 31.2. The van der Waals surface area contributed by atoms with Crippen LogP contribution in [0.15, 0.2) is 0 Å². The van der Waals surface area contributed by atoms with Crippen molar-refractivity contribution < 1.29 is 0 Å². The summed E-state index contributed by atoms with van der Waals surface area (Å²) in [6.45, 7) is 14.5. The fourth-order valence-electron chi connectivity index (χ4n) is 3.44. The standard InChI is InChI=1S/C18H42BP3/c1-7-13-20(14-8-2)19(21(15-9-3)16-10-4)22(17-11-5)18-12-6/h7-18H2,1-6H3. The minimum atomic E-state index is 0.308. The average Bonchev–Trinajstić information content (AvgIpc) is 2.49. The molecular weight excluding hydrogens is 320 g/mol. The van der Waals surface area contributed by atoms with Gasteiger partial charge in [-0.1, -0.05) is 80.1 Å². The smallest absolute Gasteiger partial charge is 0.129 e. The summed E-state index contributed by atoms with van der Waals surface area (Å²) in [5.74, 6) is 1.19. The quantitative estimate of drug-likeness (QED) is 0.205. The van der Waals surface area contributed by atoms with Crippen LogP contribution < -0.4 is 0 Å². The molecule has 0 N–H and O–H groups in total. The Morgan fingerprint density at radius 2 is 0.591 bits per heavy atom. The van der Waals surface area contributed by atoms with E-state index < -0.39 is 0 Å². The first-order chi connectivity index (χ1) is 10.7. The molecule has 0 spiro atoms. The van der Waals surface area contributed by atoms with Gasteiger partial charge in [-0.15, -0.1) is 23.4 Å². The molecule has 0 amide bonds. The fourth-order valence-corrected chi connectivity index (χ4v) is 18.6. The summed E-state index contributed by atoms with van der Waals surface area (Å²) in [6.07, 6.45) is 17.9. The molecule has 0 rings (SSSR count). The molecule has 0 nitrogen and oxygen atoms in total. The molecule has 0 aliphatic carbocycles. The zero-order valence-electron chi connectivity index (χ0n) is 16.4. The van der Waals surface area contributed by atoms with Crippen LogP contribution in [0.5, 0.6) is 0 Å². The van der Waals surface area contributed by atoms with Crippen LogP contribution in [0.25, 0.3) is 0 Å². The second kappa shape index (κ2) is 15.9. The van der Waals surface area contributed by atoms with Gasteiger partial charge < -0.3 is 0 Å². The lowest BCUT2D eigenvalue weighted by atomic mass is 10.5. The van der Waals surface area contributed by atoms with Crippen LogP contribution in [0.2, 0.25) is 0 Å². The molecule has 0 atom stereocenters. The molecule has 0 saturated heterocycles. The highest BCUT2D eigenvalue weighted by Gasteiger charge is 2.36. The summed E-state index contributed by atoms with van der Waals surface area (Å²) in [7, 11) is 0.925. The van der Waals surface area contributed by atoms with Crippen LogP contribution in [0.1, 0.15) is 80.1 Å². The molecule has 0 aliphatic heterocycles. The fraction of sp³-hybridized carbons (Fsp3) is 1.00. The summed E-state index contributed by atoms with van der Waals surface area (Å²) in [6, 6.07) is 0. The van der Waals surface area contributed by atoms with Crippen molar-refractivity contribution in [1.82, 2.24) is 0 Å². The van der Waals surface area contributed by atoms with Gasteiger partial charge >= 0.3 is 0 Å². The van der Waals surface area contributed by atoms with Gasteiger partial charge in [0.2, 0.25) is 5.87 Å². The zero-order valence-corrected chi connectivity index (χ0v) is 19.1. The number of rotatable bonds is 15. The van der Waals surface area contributed by atoms with Gasteiger partial charge in [-0.05, 0) is 37.0 Å². The van der Waals surface area contributed by atoms with Crippen LogP contribution in [-0.2, 0) is 0 Å². The van der Waals surface area contributed by atoms with E-state index in [9.17, 15) is 0 Å². The van der Waals surface area contributed by atoms with E-state index in [0.29, 0.717) is 23.4 Å². The van der Waals surface area contributed by atoms with E-state index >= 15 is 0 Å². The third-order valence-electron chi connectivity index (χ3n) is 4.04. The van der Waals surface area contributed by atoms with Gasteiger partial charge in [-0.3, -0.25) is 0 Å². The Labute approximate surface area is 146 Å². The minimum Gasteiger partial charge on any atom is -0.129 e. The van der Waals surface area contributed by atoms with E-state index in [1.54, 1.807) is 37.0 Å². The molecule has 0 aromatic heterocycles. The second-order valence-electron chi connectivity index (χ2n) is 6.45. The Morgan fingerprint density at radius 1 is 0.409 bits per heavy atom. The van der Waals surface area contributed by atoms with E-state index in [-0.39, 0.29) is 0 Å². The monoisotopic (exact) mass is 362 g/mol. The SMILES string of the molecule is CCCP(CCC)B(P(CCC)CCC)P(CCC)CCC. The molecule has 0 unspecified atom stereocenters. The van der Waals surface area contributed by atoms with Crippen molar-refractivity contribution in [3.8, 4) is 0 Å². The van der Waals surface area contributed by atoms with Gasteiger partial charge in [-0.2, -0.15) is 0 Å². The van der Waals surface area contributed by atoms with Gasteiger partial charge in [0.15, 0.2) is 0 Å². The number of hydrogen-bond donors (Lipinski definition) is 0. The molecule has 4 heteroatoms. The lowest BCUT2D eigenvalue weighted by molar-refractivity contribution is 1.05. The summed E-state index contributed by atoms with van der Waals surface area (Å²) in [5.41, 5.74) is 0. The lowest BCUT2D eigenvalue weighted by Crippen LogP contribution is -2.18. The zero-order chi connectivity index (χ0) is 16.8. The predicted molar refractivity (Wildman–Crippen MR) is 117 cm³/mol. The van der Waals surface area contributed by atoms with Gasteiger partial charge in [0.25, 0.3) is 0 Å². The van der Waals surface area contributed by atoms with Gasteiger partial charge in [0.05, 0.1) is 0 Å². The maximum Gasteiger partial charge on any atom is 0.228 e. The molecule has 0 aromatic rings. The molecule has 0 aromatic carbocycles. The molecule has 0 fully saturated rings. The lowest BCUT2D eigenvalue weighted by Gasteiger charge is -2.38. The second-order valence-corrected chi connectivity index (χ2v) is 15.4. The van der Waals surface area contributed by atoms with Crippen molar-refractivity contribution in [3.05, 3.63) is 0 Å². The topological polar surface area (TPSA) is 0 Å². The van der Waals surface area contributed by atoms with Gasteiger partial charge in [0.1, 0.15) is 0 Å². The first-order valence-electron chi connectivity index (χ1n) is 9.91. The molecular formula is C18H42BP3. The van der Waals surface area contributed by atoms with Gasteiger partial charge in [0, 0.05) is 0 Å². The van der Waals surface area contributed by atoms with Crippen molar-refractivity contribution in [3.63, 3.8) is 0 Å². The third-order valence-corrected chi connectivity index (χ3v) is 18.0. The summed E-state index contributed by atoms with van der Waals surface area (Å²) < 4.78 is 0.